The van der Waals surface area contributed by atoms with E-state index in [0.717, 1.165) is 6.08 Å². The summed E-state index contributed by atoms with van der Waals surface area (Å²) in [6.45, 7) is 0. The van der Waals surface area contributed by atoms with Crippen molar-refractivity contribution >= 4 is 29.3 Å². The van der Waals surface area contributed by atoms with Crippen LogP contribution in [-0.4, -0.2) is 5.91 Å². The van der Waals surface area contributed by atoms with Crippen LogP contribution >= 0.6 is 11.6 Å². The first-order valence-corrected chi connectivity index (χ1v) is 9.33. The Morgan fingerprint density at radius 1 is 0.970 bits per heavy atom. The van der Waals surface area contributed by atoms with E-state index >= 15 is 0 Å². The van der Waals surface area contributed by atoms with Gasteiger partial charge in [0.25, 0.3) is 5.91 Å². The van der Waals surface area contributed by atoms with E-state index in [1.54, 1.807) is 30.3 Å². The molecular weight excluding hydrogens is 474 g/mol. The van der Waals surface area contributed by atoms with Crippen LogP contribution in [-0.2, 0) is 17.1 Å². The minimum atomic E-state index is -5.08. The van der Waals surface area contributed by atoms with Crippen LogP contribution in [0, 0.1) is 11.3 Å². The van der Waals surface area contributed by atoms with Crippen molar-refractivity contribution in [2.24, 2.45) is 0 Å². The molecule has 0 spiro atoms. The molecule has 1 N–H and O–H groups in total. The molecule has 0 aliphatic rings. The number of halogens is 7. The first-order valence-electron chi connectivity index (χ1n) is 8.95. The third-order valence-electron chi connectivity index (χ3n) is 4.23. The van der Waals surface area contributed by atoms with Crippen molar-refractivity contribution in [3.8, 4) is 17.4 Å². The highest BCUT2D eigenvalue weighted by Crippen LogP contribution is 2.37. The second-order valence-corrected chi connectivity index (χ2v) is 7.07. The number of rotatable bonds is 4. The molecule has 3 rings (SSSR count). The van der Waals surface area contributed by atoms with Crippen molar-refractivity contribution in [2.45, 2.75) is 12.4 Å². The maximum Gasteiger partial charge on any atom is 0.416 e. The van der Waals surface area contributed by atoms with Gasteiger partial charge in [0.1, 0.15) is 23.2 Å². The SMILES string of the molecule is N#C/C(=C\c1ccc(-c2cccc(Cl)c2)o1)C(=O)Nc1cc(C(F)(F)F)cc(C(F)(F)F)c1. The highest BCUT2D eigenvalue weighted by atomic mass is 35.5. The summed E-state index contributed by atoms with van der Waals surface area (Å²) in [7, 11) is 0. The van der Waals surface area contributed by atoms with Crippen LogP contribution in [0.3, 0.4) is 0 Å². The summed E-state index contributed by atoms with van der Waals surface area (Å²) >= 11 is 5.92. The van der Waals surface area contributed by atoms with E-state index in [4.69, 9.17) is 16.0 Å². The maximum absolute atomic E-state index is 13.0. The largest absolute Gasteiger partial charge is 0.457 e. The first kappa shape index (κ1) is 23.9. The van der Waals surface area contributed by atoms with Crippen LogP contribution in [0.15, 0.2) is 64.6 Å². The number of alkyl halides is 6. The summed E-state index contributed by atoms with van der Waals surface area (Å²) in [4.78, 5) is 12.4. The molecule has 1 amide bonds. The summed E-state index contributed by atoms with van der Waals surface area (Å²) in [5, 5.41) is 11.6. The number of nitrogens with one attached hydrogen (secondary N) is 1. The third kappa shape index (κ3) is 5.96. The van der Waals surface area contributed by atoms with Crippen LogP contribution in [0.25, 0.3) is 17.4 Å². The van der Waals surface area contributed by atoms with Gasteiger partial charge in [-0.25, -0.2) is 0 Å². The number of nitrogens with zero attached hydrogens (tertiary/aromatic N) is 1. The fourth-order valence-electron chi connectivity index (χ4n) is 2.74. The Bertz CT molecular complexity index is 1240. The molecule has 0 saturated carbocycles. The summed E-state index contributed by atoms with van der Waals surface area (Å²) in [6, 6.07) is 11.7. The van der Waals surface area contributed by atoms with E-state index in [2.05, 4.69) is 0 Å². The predicted octanol–water partition coefficient (Wildman–Crippen LogP) is 7.18. The highest BCUT2D eigenvalue weighted by Gasteiger charge is 2.37. The number of carbonyl (C=O) groups excluding carboxylic acids is 1. The molecule has 1 heterocycles. The summed E-state index contributed by atoms with van der Waals surface area (Å²) in [5.74, 6) is -0.809. The third-order valence-corrected chi connectivity index (χ3v) is 4.47. The zero-order chi connectivity index (χ0) is 24.4. The van der Waals surface area contributed by atoms with Gasteiger partial charge in [-0.05, 0) is 42.5 Å². The maximum atomic E-state index is 13.0. The van der Waals surface area contributed by atoms with Crippen molar-refractivity contribution in [3.05, 3.63) is 82.1 Å². The van der Waals surface area contributed by atoms with Gasteiger partial charge in [-0.2, -0.15) is 31.6 Å². The van der Waals surface area contributed by atoms with Crippen molar-refractivity contribution in [2.75, 3.05) is 5.32 Å². The van der Waals surface area contributed by atoms with Gasteiger partial charge >= 0.3 is 12.4 Å². The van der Waals surface area contributed by atoms with Crippen molar-refractivity contribution in [1.29, 1.82) is 5.26 Å². The second kappa shape index (κ2) is 9.03. The van der Waals surface area contributed by atoms with Crippen LogP contribution in [0.4, 0.5) is 32.0 Å². The van der Waals surface area contributed by atoms with Gasteiger partial charge in [0.2, 0.25) is 0 Å². The monoisotopic (exact) mass is 484 g/mol. The summed E-state index contributed by atoms with van der Waals surface area (Å²) < 4.78 is 83.5. The van der Waals surface area contributed by atoms with Gasteiger partial charge in [-0.1, -0.05) is 23.7 Å². The molecule has 2 aromatic carbocycles. The molecule has 0 bridgehead atoms. The average Bonchev–Trinajstić information content (AvgIpc) is 3.19. The smallest absolute Gasteiger partial charge is 0.416 e. The predicted molar refractivity (Wildman–Crippen MR) is 108 cm³/mol. The number of nitriles is 1. The van der Waals surface area contributed by atoms with Crippen LogP contribution in [0.5, 0.6) is 0 Å². The lowest BCUT2D eigenvalue weighted by atomic mass is 10.1. The number of hydrogen-bond acceptors (Lipinski definition) is 3. The number of furan rings is 1. The minimum absolute atomic E-state index is 0.0525. The Hall–Kier alpha value is -3.71. The van der Waals surface area contributed by atoms with Crippen LogP contribution < -0.4 is 5.32 Å². The van der Waals surface area contributed by atoms with Gasteiger partial charge in [0, 0.05) is 22.3 Å². The number of benzene rings is 2. The number of hydrogen-bond donors (Lipinski definition) is 1. The standard InChI is InChI=1S/C22H11ClF6N2O2/c23-16-3-1-2-12(6-16)19-5-4-18(33-19)7-13(11-30)20(32)31-17-9-14(21(24,25)26)8-15(10-17)22(27,28)29/h1-10H,(H,31,32)/b13-7+. The molecule has 170 valence electrons. The van der Waals surface area contributed by atoms with Crippen molar-refractivity contribution in [1.82, 2.24) is 0 Å². The van der Waals surface area contributed by atoms with E-state index in [9.17, 15) is 36.4 Å². The molecule has 0 atom stereocenters. The molecule has 11 heteroatoms. The number of carbonyl (C=O) groups is 1. The lowest BCUT2D eigenvalue weighted by molar-refractivity contribution is -0.143. The molecule has 33 heavy (non-hydrogen) atoms. The molecule has 0 unspecified atom stereocenters. The second-order valence-electron chi connectivity index (χ2n) is 6.63. The van der Waals surface area contributed by atoms with Crippen LogP contribution in [0.1, 0.15) is 16.9 Å². The normalized spacial score (nSPS) is 12.4. The quantitative estimate of drug-likeness (QED) is 0.242. The first-order chi connectivity index (χ1) is 15.4. The van der Waals surface area contributed by atoms with Gasteiger partial charge in [0.15, 0.2) is 0 Å². The number of amides is 1. The van der Waals surface area contributed by atoms with E-state index in [0.29, 0.717) is 28.5 Å². The van der Waals surface area contributed by atoms with E-state index in [1.165, 1.54) is 12.1 Å². The zero-order valence-electron chi connectivity index (χ0n) is 16.2. The summed E-state index contributed by atoms with van der Waals surface area (Å²) in [6.07, 6.45) is -9.17. The fourth-order valence-corrected chi connectivity index (χ4v) is 2.93. The zero-order valence-corrected chi connectivity index (χ0v) is 16.9. The topological polar surface area (TPSA) is 66.0 Å². The fraction of sp³-hybridized carbons (Fsp3) is 0.0909. The molecule has 0 aliphatic heterocycles. The molecule has 0 fully saturated rings. The summed E-state index contributed by atoms with van der Waals surface area (Å²) in [5.41, 5.74) is -3.98. The van der Waals surface area contributed by atoms with Crippen molar-refractivity contribution < 1.29 is 35.6 Å². The molecule has 3 aromatic rings. The molecular formula is C22H11ClF6N2O2. The van der Waals surface area contributed by atoms with E-state index in [1.807, 2.05) is 5.32 Å². The Morgan fingerprint density at radius 3 is 2.15 bits per heavy atom. The molecule has 0 radical (unpaired) electrons. The molecule has 1 aromatic heterocycles. The van der Waals surface area contributed by atoms with Gasteiger partial charge < -0.3 is 9.73 Å². The Labute approximate surface area is 187 Å². The van der Waals surface area contributed by atoms with Gasteiger partial charge in [-0.15, -0.1) is 0 Å². The average molecular weight is 485 g/mol. The highest BCUT2D eigenvalue weighted by molar-refractivity contribution is 6.30. The molecule has 4 nitrogen and oxygen atoms in total. The Morgan fingerprint density at radius 2 is 1.61 bits per heavy atom. The Kier molecular flexibility index (Phi) is 6.56. The molecule has 0 saturated heterocycles. The van der Waals surface area contributed by atoms with Crippen LogP contribution in [0.2, 0.25) is 5.02 Å². The van der Waals surface area contributed by atoms with E-state index in [-0.39, 0.29) is 11.8 Å². The lowest BCUT2D eigenvalue weighted by Crippen LogP contribution is -2.16. The Balaban J connectivity index is 1.89. The van der Waals surface area contributed by atoms with Gasteiger partial charge in [-0.3, -0.25) is 4.79 Å². The van der Waals surface area contributed by atoms with E-state index < -0.39 is 40.6 Å². The number of anilines is 1. The molecule has 0 aliphatic carbocycles. The van der Waals surface area contributed by atoms with Crippen molar-refractivity contribution in [3.63, 3.8) is 0 Å². The lowest BCUT2D eigenvalue weighted by Gasteiger charge is -2.14. The minimum Gasteiger partial charge on any atom is -0.457 e. The van der Waals surface area contributed by atoms with Gasteiger partial charge in [0.05, 0.1) is 11.1 Å².